The minimum Gasteiger partial charge on any atom is -0.483 e. The van der Waals surface area contributed by atoms with Crippen LogP contribution < -0.4 is 10.1 Å². The van der Waals surface area contributed by atoms with Crippen molar-refractivity contribution in [2.24, 2.45) is 0 Å². The average molecular weight is 297 g/mol. The van der Waals surface area contributed by atoms with Gasteiger partial charge < -0.3 is 15.0 Å². The van der Waals surface area contributed by atoms with E-state index in [9.17, 15) is 4.79 Å². The highest BCUT2D eigenvalue weighted by Gasteiger charge is 2.29. The number of ether oxygens (including phenoxy) is 1. The van der Waals surface area contributed by atoms with E-state index in [4.69, 9.17) is 16.3 Å². The molecule has 1 aliphatic carbocycles. The molecule has 0 aromatic heterocycles. The van der Waals surface area contributed by atoms with Gasteiger partial charge in [-0.1, -0.05) is 24.6 Å². The molecule has 2 rings (SSSR count). The molecule has 1 aromatic carbocycles. The molecule has 1 fully saturated rings. The van der Waals surface area contributed by atoms with Crippen LogP contribution in [0.5, 0.6) is 5.75 Å². The van der Waals surface area contributed by atoms with Crippen molar-refractivity contribution in [3.05, 3.63) is 28.8 Å². The SMILES string of the molecule is CCNCc1c(Cl)cccc1OCC(=O)N(C)C1CC1. The fourth-order valence-corrected chi connectivity index (χ4v) is 2.24. The van der Waals surface area contributed by atoms with Crippen molar-refractivity contribution in [1.82, 2.24) is 10.2 Å². The number of nitrogens with zero attached hydrogens (tertiary/aromatic N) is 1. The van der Waals surface area contributed by atoms with E-state index in [1.165, 1.54) is 0 Å². The van der Waals surface area contributed by atoms with Gasteiger partial charge in [0.1, 0.15) is 5.75 Å². The van der Waals surface area contributed by atoms with Crippen LogP contribution in [0.4, 0.5) is 0 Å². The standard InChI is InChI=1S/C15H21ClN2O2/c1-3-17-9-12-13(16)5-4-6-14(12)20-10-15(19)18(2)11-7-8-11/h4-6,11,17H,3,7-10H2,1-2H3. The summed E-state index contributed by atoms with van der Waals surface area (Å²) in [6.07, 6.45) is 2.20. The van der Waals surface area contributed by atoms with E-state index in [-0.39, 0.29) is 12.5 Å². The molecule has 1 aliphatic rings. The number of nitrogens with one attached hydrogen (secondary N) is 1. The summed E-state index contributed by atoms with van der Waals surface area (Å²) < 4.78 is 5.66. The van der Waals surface area contributed by atoms with Crippen molar-refractivity contribution in [2.75, 3.05) is 20.2 Å². The first-order chi connectivity index (χ1) is 9.63. The third-order valence-electron chi connectivity index (χ3n) is 3.47. The molecule has 0 saturated heterocycles. The summed E-state index contributed by atoms with van der Waals surface area (Å²) in [5, 5.41) is 3.88. The number of halogens is 1. The molecule has 0 spiro atoms. The lowest BCUT2D eigenvalue weighted by atomic mass is 10.2. The number of carbonyl (C=O) groups excluding carboxylic acids is 1. The number of carbonyl (C=O) groups is 1. The molecule has 20 heavy (non-hydrogen) atoms. The van der Waals surface area contributed by atoms with Gasteiger partial charge in [0.2, 0.25) is 0 Å². The first-order valence-corrected chi connectivity index (χ1v) is 7.37. The van der Waals surface area contributed by atoms with Crippen molar-refractivity contribution in [3.63, 3.8) is 0 Å². The number of rotatable bonds is 7. The highest BCUT2D eigenvalue weighted by molar-refractivity contribution is 6.31. The van der Waals surface area contributed by atoms with E-state index < -0.39 is 0 Å². The van der Waals surface area contributed by atoms with E-state index in [0.717, 1.165) is 24.9 Å². The second kappa shape index (κ2) is 6.95. The Kier molecular flexibility index (Phi) is 5.26. The third-order valence-corrected chi connectivity index (χ3v) is 3.82. The molecule has 1 N–H and O–H groups in total. The van der Waals surface area contributed by atoms with Gasteiger partial charge in [0.15, 0.2) is 6.61 Å². The Bertz CT molecular complexity index is 475. The second-order valence-electron chi connectivity index (χ2n) is 5.02. The third kappa shape index (κ3) is 3.87. The van der Waals surface area contributed by atoms with Gasteiger partial charge >= 0.3 is 0 Å². The number of amides is 1. The number of likely N-dealkylation sites (N-methyl/N-ethyl adjacent to an activating group) is 1. The van der Waals surface area contributed by atoms with E-state index in [2.05, 4.69) is 5.32 Å². The minimum atomic E-state index is 0.0156. The first-order valence-electron chi connectivity index (χ1n) is 7.00. The Morgan fingerprint density at radius 2 is 2.25 bits per heavy atom. The predicted molar refractivity (Wildman–Crippen MR) is 80.1 cm³/mol. The zero-order valence-electron chi connectivity index (χ0n) is 12.0. The van der Waals surface area contributed by atoms with Crippen LogP contribution in [0.15, 0.2) is 18.2 Å². The monoisotopic (exact) mass is 296 g/mol. The molecular weight excluding hydrogens is 276 g/mol. The molecular formula is C15H21ClN2O2. The normalized spacial score (nSPS) is 14.2. The summed E-state index contributed by atoms with van der Waals surface area (Å²) in [4.78, 5) is 13.7. The largest absolute Gasteiger partial charge is 0.483 e. The van der Waals surface area contributed by atoms with Gasteiger partial charge in [-0.15, -0.1) is 0 Å². The van der Waals surface area contributed by atoms with Crippen molar-refractivity contribution < 1.29 is 9.53 Å². The number of hydrogen-bond donors (Lipinski definition) is 1. The first kappa shape index (κ1) is 15.1. The molecule has 0 heterocycles. The number of hydrogen-bond acceptors (Lipinski definition) is 3. The maximum atomic E-state index is 12.0. The van der Waals surface area contributed by atoms with Crippen molar-refractivity contribution >= 4 is 17.5 Å². The second-order valence-corrected chi connectivity index (χ2v) is 5.43. The zero-order chi connectivity index (χ0) is 14.5. The van der Waals surface area contributed by atoms with Crippen LogP contribution in [0, 0.1) is 0 Å². The lowest BCUT2D eigenvalue weighted by Gasteiger charge is -2.18. The summed E-state index contributed by atoms with van der Waals surface area (Å²) in [6, 6.07) is 5.93. The van der Waals surface area contributed by atoms with Gasteiger partial charge in [0, 0.05) is 30.2 Å². The zero-order valence-corrected chi connectivity index (χ0v) is 12.7. The van der Waals surface area contributed by atoms with Crippen molar-refractivity contribution in [2.45, 2.75) is 32.4 Å². The van der Waals surface area contributed by atoms with Crippen LogP contribution in [0.25, 0.3) is 0 Å². The van der Waals surface area contributed by atoms with Gasteiger partial charge in [0.25, 0.3) is 5.91 Å². The Morgan fingerprint density at radius 1 is 1.50 bits per heavy atom. The van der Waals surface area contributed by atoms with E-state index >= 15 is 0 Å². The van der Waals surface area contributed by atoms with Gasteiger partial charge in [-0.05, 0) is 31.5 Å². The maximum Gasteiger partial charge on any atom is 0.260 e. The van der Waals surface area contributed by atoms with Gasteiger partial charge in [-0.3, -0.25) is 4.79 Å². The summed E-state index contributed by atoms with van der Waals surface area (Å²) in [7, 11) is 1.83. The molecule has 4 nitrogen and oxygen atoms in total. The molecule has 1 aromatic rings. The number of benzene rings is 1. The fourth-order valence-electron chi connectivity index (χ4n) is 2.00. The summed E-state index contributed by atoms with van der Waals surface area (Å²) in [6.45, 7) is 3.59. The van der Waals surface area contributed by atoms with Gasteiger partial charge in [-0.25, -0.2) is 0 Å². The fraction of sp³-hybridized carbons (Fsp3) is 0.533. The molecule has 5 heteroatoms. The van der Waals surface area contributed by atoms with Crippen LogP contribution in [0.2, 0.25) is 5.02 Å². The molecule has 0 unspecified atom stereocenters. The lowest BCUT2D eigenvalue weighted by molar-refractivity contribution is -0.132. The molecule has 1 amide bonds. The smallest absolute Gasteiger partial charge is 0.260 e. The van der Waals surface area contributed by atoms with Crippen LogP contribution >= 0.6 is 11.6 Å². The van der Waals surface area contributed by atoms with Crippen LogP contribution in [-0.2, 0) is 11.3 Å². The maximum absolute atomic E-state index is 12.0. The Labute approximate surface area is 125 Å². The molecule has 0 bridgehead atoms. The molecule has 0 aliphatic heterocycles. The molecule has 0 atom stereocenters. The van der Waals surface area contributed by atoms with Crippen LogP contribution in [0.1, 0.15) is 25.3 Å². The van der Waals surface area contributed by atoms with Crippen molar-refractivity contribution in [1.29, 1.82) is 0 Å². The average Bonchev–Trinajstić information content (AvgIpc) is 3.27. The minimum absolute atomic E-state index is 0.0156. The molecule has 110 valence electrons. The lowest BCUT2D eigenvalue weighted by Crippen LogP contribution is -2.33. The van der Waals surface area contributed by atoms with E-state index in [1.54, 1.807) is 4.90 Å². The Hall–Kier alpha value is -1.26. The van der Waals surface area contributed by atoms with E-state index in [1.807, 2.05) is 32.2 Å². The summed E-state index contributed by atoms with van der Waals surface area (Å²) in [5.41, 5.74) is 0.901. The molecule has 1 saturated carbocycles. The van der Waals surface area contributed by atoms with Gasteiger partial charge in [-0.2, -0.15) is 0 Å². The Balaban J connectivity index is 1.97. The summed E-state index contributed by atoms with van der Waals surface area (Å²) in [5.74, 6) is 0.692. The highest BCUT2D eigenvalue weighted by Crippen LogP contribution is 2.27. The van der Waals surface area contributed by atoms with Crippen LogP contribution in [-0.4, -0.2) is 37.0 Å². The molecule has 0 radical (unpaired) electrons. The quantitative estimate of drug-likeness (QED) is 0.840. The van der Waals surface area contributed by atoms with Crippen LogP contribution in [0.3, 0.4) is 0 Å². The van der Waals surface area contributed by atoms with Gasteiger partial charge in [0.05, 0.1) is 0 Å². The van der Waals surface area contributed by atoms with Crippen molar-refractivity contribution in [3.8, 4) is 5.75 Å². The highest BCUT2D eigenvalue weighted by atomic mass is 35.5. The summed E-state index contributed by atoms with van der Waals surface area (Å²) >= 11 is 6.19. The topological polar surface area (TPSA) is 41.6 Å². The van der Waals surface area contributed by atoms with E-state index in [0.29, 0.717) is 23.4 Å². The predicted octanol–water partition coefficient (Wildman–Crippen LogP) is 2.45. The Morgan fingerprint density at radius 3 is 2.90 bits per heavy atom.